The van der Waals surface area contributed by atoms with E-state index in [9.17, 15) is 18.8 Å². The molecule has 1 unspecified atom stereocenters. The number of nitrogens with zero attached hydrogens (tertiary/aromatic N) is 3. The lowest BCUT2D eigenvalue weighted by Crippen LogP contribution is -2.44. The first kappa shape index (κ1) is 22.7. The second-order valence-corrected chi connectivity index (χ2v) is 9.52. The number of benzene rings is 1. The molecule has 3 amide bonds. The quantitative estimate of drug-likeness (QED) is 0.729. The maximum absolute atomic E-state index is 14.1. The number of carbonyl (C=O) groups excluding carboxylic acids is 3. The minimum atomic E-state index is -0.621. The Labute approximate surface area is 194 Å². The topological polar surface area (TPSA) is 96.6 Å². The third-order valence-electron chi connectivity index (χ3n) is 6.16. The molecule has 1 aromatic carbocycles. The van der Waals surface area contributed by atoms with Crippen LogP contribution >= 0.6 is 22.9 Å². The highest BCUT2D eigenvalue weighted by molar-refractivity contribution is 7.09. The van der Waals surface area contributed by atoms with Gasteiger partial charge in [-0.05, 0) is 37.8 Å². The molecule has 2 N–H and O–H groups in total. The number of aromatic nitrogens is 1. The van der Waals surface area contributed by atoms with E-state index in [0.717, 1.165) is 11.4 Å². The van der Waals surface area contributed by atoms with Crippen molar-refractivity contribution in [1.82, 2.24) is 14.8 Å². The summed E-state index contributed by atoms with van der Waals surface area (Å²) < 4.78 is 14.1. The summed E-state index contributed by atoms with van der Waals surface area (Å²) in [6, 6.07) is 4.21. The summed E-state index contributed by atoms with van der Waals surface area (Å²) >= 11 is 7.47. The molecule has 32 heavy (non-hydrogen) atoms. The maximum Gasteiger partial charge on any atom is 0.273 e. The predicted molar refractivity (Wildman–Crippen MR) is 119 cm³/mol. The van der Waals surface area contributed by atoms with E-state index in [-0.39, 0.29) is 34.2 Å². The molecule has 0 aliphatic carbocycles. The van der Waals surface area contributed by atoms with Gasteiger partial charge in [0.2, 0.25) is 5.91 Å². The van der Waals surface area contributed by atoms with Crippen LogP contribution in [0.3, 0.4) is 0 Å². The number of hydrogen-bond acceptors (Lipinski definition) is 5. The van der Waals surface area contributed by atoms with Crippen LogP contribution < -0.4 is 5.73 Å². The number of rotatable bonds is 4. The predicted octanol–water partition coefficient (Wildman–Crippen LogP) is 3.29. The van der Waals surface area contributed by atoms with Gasteiger partial charge in [0.1, 0.15) is 11.5 Å². The molecule has 3 heterocycles. The molecular weight excluding hydrogens is 455 g/mol. The van der Waals surface area contributed by atoms with E-state index in [2.05, 4.69) is 4.98 Å². The second-order valence-electron chi connectivity index (χ2n) is 8.23. The van der Waals surface area contributed by atoms with Gasteiger partial charge in [-0.1, -0.05) is 17.7 Å². The SMILES string of the molecule is NC(=O)C1CCCN(C(=O)c2csc(C3CCN(C(=O)c4c(F)cccc4Cl)CC3)n2)C1. The normalized spacial score (nSPS) is 19.8. The van der Waals surface area contributed by atoms with Gasteiger partial charge in [0.05, 0.1) is 21.5 Å². The molecule has 0 radical (unpaired) electrons. The molecule has 1 atom stereocenters. The van der Waals surface area contributed by atoms with E-state index in [1.165, 1.54) is 29.5 Å². The van der Waals surface area contributed by atoms with Crippen molar-refractivity contribution in [2.45, 2.75) is 31.6 Å². The van der Waals surface area contributed by atoms with Gasteiger partial charge in [-0.2, -0.15) is 0 Å². The van der Waals surface area contributed by atoms with Gasteiger partial charge < -0.3 is 15.5 Å². The first-order chi connectivity index (χ1) is 15.3. The highest BCUT2D eigenvalue weighted by Crippen LogP contribution is 2.32. The van der Waals surface area contributed by atoms with Crippen molar-refractivity contribution in [3.63, 3.8) is 0 Å². The van der Waals surface area contributed by atoms with Crippen LogP contribution in [0.1, 0.15) is 57.5 Å². The Balaban J connectivity index is 1.37. The van der Waals surface area contributed by atoms with Crippen molar-refractivity contribution < 1.29 is 18.8 Å². The molecule has 0 bridgehead atoms. The number of hydrogen-bond donors (Lipinski definition) is 1. The Morgan fingerprint density at radius 2 is 1.84 bits per heavy atom. The summed E-state index contributed by atoms with van der Waals surface area (Å²) in [5.41, 5.74) is 5.70. The summed E-state index contributed by atoms with van der Waals surface area (Å²) in [4.78, 5) is 44.9. The fraction of sp³-hybridized carbons (Fsp3) is 0.455. The Hall–Kier alpha value is -2.52. The lowest BCUT2D eigenvalue weighted by Gasteiger charge is -2.31. The molecule has 2 saturated heterocycles. The highest BCUT2D eigenvalue weighted by atomic mass is 35.5. The Morgan fingerprint density at radius 3 is 2.53 bits per heavy atom. The Bertz CT molecular complexity index is 1020. The summed E-state index contributed by atoms with van der Waals surface area (Å²) in [6.45, 7) is 1.85. The first-order valence-corrected chi connectivity index (χ1v) is 11.9. The lowest BCUT2D eigenvalue weighted by molar-refractivity contribution is -0.123. The summed E-state index contributed by atoms with van der Waals surface area (Å²) in [7, 11) is 0. The van der Waals surface area contributed by atoms with Crippen LogP contribution in [0.2, 0.25) is 5.02 Å². The van der Waals surface area contributed by atoms with Crippen LogP contribution in [0.4, 0.5) is 4.39 Å². The van der Waals surface area contributed by atoms with Crippen LogP contribution in [-0.2, 0) is 4.79 Å². The monoisotopic (exact) mass is 478 g/mol. The van der Waals surface area contributed by atoms with Crippen molar-refractivity contribution in [3.8, 4) is 0 Å². The van der Waals surface area contributed by atoms with Crippen LogP contribution in [0, 0.1) is 11.7 Å². The van der Waals surface area contributed by atoms with Crippen LogP contribution in [0.25, 0.3) is 0 Å². The molecule has 2 aromatic rings. The number of halogens is 2. The minimum Gasteiger partial charge on any atom is -0.369 e. The van der Waals surface area contributed by atoms with E-state index in [4.69, 9.17) is 17.3 Å². The molecule has 170 valence electrons. The maximum atomic E-state index is 14.1. The van der Waals surface area contributed by atoms with E-state index >= 15 is 0 Å². The minimum absolute atomic E-state index is 0.0921. The molecule has 2 aliphatic heterocycles. The summed E-state index contributed by atoms with van der Waals surface area (Å²) in [6.07, 6.45) is 2.80. The summed E-state index contributed by atoms with van der Waals surface area (Å²) in [5, 5.41) is 2.71. The lowest BCUT2D eigenvalue weighted by atomic mass is 9.96. The molecule has 4 rings (SSSR count). The number of nitrogens with two attached hydrogens (primary N) is 1. The average Bonchev–Trinajstić information content (AvgIpc) is 3.29. The number of likely N-dealkylation sites (tertiary alicyclic amines) is 2. The van der Waals surface area contributed by atoms with Crippen LogP contribution in [0.5, 0.6) is 0 Å². The standard InChI is InChI=1S/C22H24ClFN4O3S/c23-15-4-1-5-16(24)18(15)22(31)27-9-6-13(7-10-27)20-26-17(12-32-20)21(30)28-8-2-3-14(11-28)19(25)29/h1,4-5,12-14H,2-3,6-11H2,(H2,25,29). The largest absolute Gasteiger partial charge is 0.369 e. The average molecular weight is 479 g/mol. The molecule has 1 aromatic heterocycles. The fourth-order valence-electron chi connectivity index (χ4n) is 4.32. The molecular formula is C22H24ClFN4O3S. The van der Waals surface area contributed by atoms with Crippen molar-refractivity contribution in [2.24, 2.45) is 11.7 Å². The van der Waals surface area contributed by atoms with Crippen LogP contribution in [-0.4, -0.2) is 58.7 Å². The van der Waals surface area contributed by atoms with Crippen molar-refractivity contribution >= 4 is 40.7 Å². The first-order valence-electron chi connectivity index (χ1n) is 10.6. The van der Waals surface area contributed by atoms with Crippen molar-refractivity contribution in [3.05, 3.63) is 50.7 Å². The molecule has 2 aliphatic rings. The number of carbonyl (C=O) groups is 3. The highest BCUT2D eigenvalue weighted by Gasteiger charge is 2.31. The molecule has 0 saturated carbocycles. The van der Waals surface area contributed by atoms with Gasteiger partial charge in [0, 0.05) is 37.5 Å². The van der Waals surface area contributed by atoms with E-state index in [0.29, 0.717) is 51.1 Å². The van der Waals surface area contributed by atoms with Gasteiger partial charge in [0.25, 0.3) is 11.8 Å². The summed E-state index contributed by atoms with van der Waals surface area (Å²) in [5.74, 6) is -1.77. The van der Waals surface area contributed by atoms with Crippen molar-refractivity contribution in [2.75, 3.05) is 26.2 Å². The van der Waals surface area contributed by atoms with E-state index < -0.39 is 11.7 Å². The molecule has 2 fully saturated rings. The number of thiazole rings is 1. The molecule has 10 heteroatoms. The number of amides is 3. The molecule has 7 nitrogen and oxygen atoms in total. The van der Waals surface area contributed by atoms with E-state index in [1.54, 1.807) is 15.2 Å². The zero-order valence-corrected chi connectivity index (χ0v) is 19.0. The van der Waals surface area contributed by atoms with Crippen LogP contribution in [0.15, 0.2) is 23.6 Å². The van der Waals surface area contributed by atoms with Gasteiger partial charge >= 0.3 is 0 Å². The van der Waals surface area contributed by atoms with Gasteiger partial charge in [-0.25, -0.2) is 9.37 Å². The Kier molecular flexibility index (Phi) is 6.76. The van der Waals surface area contributed by atoms with Gasteiger partial charge in [0.15, 0.2) is 0 Å². The third kappa shape index (κ3) is 4.63. The third-order valence-corrected chi connectivity index (χ3v) is 7.48. The number of primary amides is 1. The smallest absolute Gasteiger partial charge is 0.273 e. The van der Waals surface area contributed by atoms with Crippen molar-refractivity contribution in [1.29, 1.82) is 0 Å². The van der Waals surface area contributed by atoms with Gasteiger partial charge in [-0.3, -0.25) is 14.4 Å². The second kappa shape index (κ2) is 9.54. The van der Waals surface area contributed by atoms with Gasteiger partial charge in [-0.15, -0.1) is 11.3 Å². The fourth-order valence-corrected chi connectivity index (χ4v) is 5.53. The Morgan fingerprint density at radius 1 is 1.09 bits per heavy atom. The van der Waals surface area contributed by atoms with E-state index in [1.807, 2.05) is 0 Å². The number of piperidine rings is 2. The zero-order valence-electron chi connectivity index (χ0n) is 17.4. The molecule has 0 spiro atoms. The zero-order chi connectivity index (χ0) is 22.8.